The zero-order valence-corrected chi connectivity index (χ0v) is 12.7. The van der Waals surface area contributed by atoms with Crippen LogP contribution in [0.15, 0.2) is 54.6 Å². The molecule has 3 rings (SSSR count). The van der Waals surface area contributed by atoms with Crippen LogP contribution in [0.1, 0.15) is 0 Å². The normalized spacial score (nSPS) is 17.5. The van der Waals surface area contributed by atoms with Gasteiger partial charge in [-0.05, 0) is 43.4 Å². The Labute approximate surface area is 117 Å². The number of rotatable bonds is 2. The molecule has 0 N–H and O–H groups in total. The van der Waals surface area contributed by atoms with Crippen LogP contribution in [0.5, 0.6) is 0 Å². The number of hydrogen-bond donors (Lipinski definition) is 0. The van der Waals surface area contributed by atoms with Crippen LogP contribution < -0.4 is 5.19 Å². The fraction of sp³-hybridized carbons (Fsp3) is 0.294. The van der Waals surface area contributed by atoms with E-state index in [1.165, 1.54) is 36.3 Å². The van der Waals surface area contributed by atoms with E-state index in [4.69, 9.17) is 0 Å². The molecule has 0 bridgehead atoms. The van der Waals surface area contributed by atoms with Gasteiger partial charge in [-0.25, -0.2) is 0 Å². The van der Waals surface area contributed by atoms with E-state index >= 15 is 0 Å². The van der Waals surface area contributed by atoms with Crippen LogP contribution in [-0.4, -0.2) is 33.8 Å². The first-order valence-electron chi connectivity index (χ1n) is 7.17. The van der Waals surface area contributed by atoms with Crippen molar-refractivity contribution < 1.29 is 0 Å². The molecule has 0 atom stereocenters. The van der Waals surface area contributed by atoms with Crippen molar-refractivity contribution in [2.75, 3.05) is 20.1 Å². The second kappa shape index (κ2) is 5.72. The quantitative estimate of drug-likeness (QED) is 0.756. The van der Waals surface area contributed by atoms with Crippen LogP contribution in [-0.2, 0) is 0 Å². The lowest BCUT2D eigenvalue weighted by Crippen LogP contribution is -2.41. The van der Waals surface area contributed by atoms with Gasteiger partial charge in [-0.2, -0.15) is 0 Å². The van der Waals surface area contributed by atoms with Gasteiger partial charge < -0.3 is 4.90 Å². The highest BCUT2D eigenvalue weighted by Gasteiger charge is 2.19. The number of benzene rings is 2. The minimum absolute atomic E-state index is 0.716. The maximum atomic E-state index is 2.46. The summed E-state index contributed by atoms with van der Waals surface area (Å²) in [5, 5.41) is 1.65. The van der Waals surface area contributed by atoms with Crippen LogP contribution in [0.3, 0.4) is 0 Å². The largest absolute Gasteiger partial charge is 0.307 e. The monoisotopic (exact) mass is 267 g/mol. The Kier molecular flexibility index (Phi) is 3.81. The van der Waals surface area contributed by atoms with Crippen molar-refractivity contribution in [1.29, 1.82) is 0 Å². The van der Waals surface area contributed by atoms with E-state index in [0.717, 1.165) is 0 Å². The lowest BCUT2D eigenvalue weighted by atomic mass is 10.1. The van der Waals surface area contributed by atoms with Gasteiger partial charge in [-0.3, -0.25) is 0 Å². The van der Waals surface area contributed by atoms with Crippen LogP contribution in [0, 0.1) is 0 Å². The van der Waals surface area contributed by atoms with E-state index in [9.17, 15) is 0 Å². The molecule has 1 heterocycles. The second-order valence-electron chi connectivity index (χ2n) is 5.57. The van der Waals surface area contributed by atoms with Gasteiger partial charge in [-0.15, -0.1) is 0 Å². The molecular weight excluding hydrogens is 246 g/mol. The molecule has 2 aromatic carbocycles. The molecule has 0 aromatic heterocycles. The van der Waals surface area contributed by atoms with Crippen molar-refractivity contribution in [2.24, 2.45) is 0 Å². The topological polar surface area (TPSA) is 3.24 Å². The molecule has 0 radical (unpaired) electrons. The molecule has 0 unspecified atom stereocenters. The summed E-state index contributed by atoms with van der Waals surface area (Å²) >= 11 is 0. The Morgan fingerprint density at radius 2 is 1.53 bits per heavy atom. The molecule has 1 nitrogen and oxygen atoms in total. The molecule has 1 fully saturated rings. The third-order valence-electron chi connectivity index (χ3n) is 4.18. The Morgan fingerprint density at radius 3 is 2.26 bits per heavy atom. The SMILES string of the molecule is CN1CC[SiH](c2cccc(-c3ccccc3)c2)CC1. The van der Waals surface area contributed by atoms with Crippen molar-refractivity contribution in [3.8, 4) is 11.1 Å². The predicted molar refractivity (Wildman–Crippen MR) is 85.8 cm³/mol. The first kappa shape index (κ1) is 12.6. The molecule has 2 aromatic rings. The summed E-state index contributed by atoms with van der Waals surface area (Å²) < 4.78 is 0. The first-order valence-corrected chi connectivity index (χ1v) is 9.38. The number of nitrogens with zero attached hydrogens (tertiary/aromatic N) is 1. The standard InChI is InChI=1S/C17H21NSi/c1-18-10-12-19(13-11-18)17-9-5-8-16(14-17)15-6-3-2-4-7-15/h2-9,14,19H,10-13H2,1H3. The minimum Gasteiger partial charge on any atom is -0.307 e. The lowest BCUT2D eigenvalue weighted by molar-refractivity contribution is 0.359. The Balaban J connectivity index is 1.84. The van der Waals surface area contributed by atoms with Gasteiger partial charge in [0.15, 0.2) is 0 Å². The van der Waals surface area contributed by atoms with Gasteiger partial charge in [0, 0.05) is 0 Å². The number of hydrogen-bond acceptors (Lipinski definition) is 1. The van der Waals surface area contributed by atoms with E-state index in [1.807, 2.05) is 0 Å². The maximum absolute atomic E-state index is 2.46. The van der Waals surface area contributed by atoms with E-state index in [1.54, 1.807) is 5.19 Å². The maximum Gasteiger partial charge on any atom is 0.0733 e. The fourth-order valence-electron chi connectivity index (χ4n) is 2.94. The van der Waals surface area contributed by atoms with Crippen LogP contribution in [0.2, 0.25) is 12.1 Å². The Hall–Kier alpha value is -1.38. The summed E-state index contributed by atoms with van der Waals surface area (Å²) in [6, 6.07) is 22.9. The molecule has 0 spiro atoms. The van der Waals surface area contributed by atoms with Gasteiger partial charge in [-0.1, -0.05) is 59.8 Å². The van der Waals surface area contributed by atoms with Gasteiger partial charge in [0.25, 0.3) is 0 Å². The van der Waals surface area contributed by atoms with Crippen molar-refractivity contribution in [1.82, 2.24) is 4.90 Å². The zero-order chi connectivity index (χ0) is 13.1. The summed E-state index contributed by atoms with van der Waals surface area (Å²) in [5.74, 6) is 0. The summed E-state index contributed by atoms with van der Waals surface area (Å²) in [6.45, 7) is 2.57. The fourth-order valence-corrected chi connectivity index (χ4v) is 6.20. The molecule has 19 heavy (non-hydrogen) atoms. The lowest BCUT2D eigenvalue weighted by Gasteiger charge is -2.28. The van der Waals surface area contributed by atoms with Crippen molar-refractivity contribution in [2.45, 2.75) is 12.1 Å². The molecule has 0 saturated carbocycles. The highest BCUT2D eigenvalue weighted by molar-refractivity contribution is 6.73. The molecule has 1 aliphatic heterocycles. The predicted octanol–water partition coefficient (Wildman–Crippen LogP) is 2.73. The van der Waals surface area contributed by atoms with Crippen LogP contribution in [0.25, 0.3) is 11.1 Å². The van der Waals surface area contributed by atoms with E-state index in [2.05, 4.69) is 66.5 Å². The molecule has 1 saturated heterocycles. The third-order valence-corrected chi connectivity index (χ3v) is 7.40. The van der Waals surface area contributed by atoms with Gasteiger partial charge in [0.2, 0.25) is 0 Å². The van der Waals surface area contributed by atoms with E-state index in [0.29, 0.717) is 0 Å². The molecule has 2 heteroatoms. The van der Waals surface area contributed by atoms with Crippen molar-refractivity contribution in [3.05, 3.63) is 54.6 Å². The van der Waals surface area contributed by atoms with E-state index < -0.39 is 8.80 Å². The van der Waals surface area contributed by atoms with Gasteiger partial charge >= 0.3 is 0 Å². The summed E-state index contributed by atoms with van der Waals surface area (Å²) in [6.07, 6.45) is 0. The van der Waals surface area contributed by atoms with E-state index in [-0.39, 0.29) is 0 Å². The summed E-state index contributed by atoms with van der Waals surface area (Å²) in [7, 11) is 1.52. The van der Waals surface area contributed by atoms with Crippen molar-refractivity contribution in [3.63, 3.8) is 0 Å². The average Bonchev–Trinajstić information content (AvgIpc) is 2.49. The highest BCUT2D eigenvalue weighted by atomic mass is 28.3. The zero-order valence-electron chi connectivity index (χ0n) is 11.5. The molecule has 98 valence electrons. The Bertz CT molecular complexity index is 530. The molecular formula is C17H21NSi. The molecule has 0 aliphatic carbocycles. The summed E-state index contributed by atoms with van der Waals surface area (Å²) in [5.41, 5.74) is 2.72. The average molecular weight is 267 g/mol. The first-order chi connectivity index (χ1) is 9.33. The summed E-state index contributed by atoms with van der Waals surface area (Å²) in [4.78, 5) is 2.46. The van der Waals surface area contributed by atoms with Gasteiger partial charge in [0.1, 0.15) is 0 Å². The van der Waals surface area contributed by atoms with Crippen LogP contribution in [0.4, 0.5) is 0 Å². The third kappa shape index (κ3) is 2.96. The van der Waals surface area contributed by atoms with Gasteiger partial charge in [0.05, 0.1) is 8.80 Å². The molecule has 1 aliphatic rings. The Morgan fingerprint density at radius 1 is 0.842 bits per heavy atom. The smallest absolute Gasteiger partial charge is 0.0733 e. The minimum atomic E-state index is -0.716. The highest BCUT2D eigenvalue weighted by Crippen LogP contribution is 2.18. The molecule has 0 amide bonds. The van der Waals surface area contributed by atoms with Crippen molar-refractivity contribution >= 4 is 14.0 Å². The van der Waals surface area contributed by atoms with Crippen LogP contribution >= 0.6 is 0 Å². The second-order valence-corrected chi connectivity index (χ2v) is 8.78.